The molecule has 2 saturated heterocycles. The van der Waals surface area contributed by atoms with Crippen molar-refractivity contribution in [2.75, 3.05) is 26.4 Å². The highest BCUT2D eigenvalue weighted by molar-refractivity contribution is 4.89. The Morgan fingerprint density at radius 3 is 2.75 bits per heavy atom. The Balaban J connectivity index is 1.87. The molecule has 2 atom stereocenters. The Bertz CT molecular complexity index is 208. The first-order valence-corrected chi connectivity index (χ1v) is 6.66. The number of hydrogen-bond donors (Lipinski definition) is 1. The topological polar surface area (TPSA) is 44.5 Å². The molecule has 0 aliphatic carbocycles. The Morgan fingerprint density at radius 2 is 2.06 bits per heavy atom. The molecule has 0 radical (unpaired) electrons. The number of ether oxygens (including phenoxy) is 2. The van der Waals surface area contributed by atoms with Crippen LogP contribution in [0.5, 0.6) is 0 Å². The third-order valence-corrected chi connectivity index (χ3v) is 4.14. The first-order valence-electron chi connectivity index (χ1n) is 6.66. The zero-order chi connectivity index (χ0) is 11.4. The van der Waals surface area contributed by atoms with Gasteiger partial charge in [-0.3, -0.25) is 0 Å². The summed E-state index contributed by atoms with van der Waals surface area (Å²) in [6.07, 6.45) is 5.87. The molecule has 0 bridgehead atoms. The summed E-state index contributed by atoms with van der Waals surface area (Å²) in [4.78, 5) is 0. The normalized spacial score (nSPS) is 31.5. The second-order valence-electron chi connectivity index (χ2n) is 5.58. The maximum Gasteiger partial charge on any atom is 0.0729 e. The molecule has 2 unspecified atom stereocenters. The van der Waals surface area contributed by atoms with E-state index in [1.54, 1.807) is 0 Å². The minimum absolute atomic E-state index is 0.148. The Hall–Kier alpha value is -0.120. The van der Waals surface area contributed by atoms with Crippen LogP contribution in [0.1, 0.15) is 39.0 Å². The summed E-state index contributed by atoms with van der Waals surface area (Å²) in [5, 5.41) is 0. The van der Waals surface area contributed by atoms with Crippen LogP contribution >= 0.6 is 0 Å². The fourth-order valence-corrected chi connectivity index (χ4v) is 3.09. The van der Waals surface area contributed by atoms with Crippen LogP contribution in [-0.4, -0.2) is 32.0 Å². The molecule has 16 heavy (non-hydrogen) atoms. The molecule has 3 heteroatoms. The van der Waals surface area contributed by atoms with Gasteiger partial charge in [0.15, 0.2) is 0 Å². The molecule has 2 rings (SSSR count). The maximum absolute atomic E-state index is 6.04. The van der Waals surface area contributed by atoms with Gasteiger partial charge in [0.25, 0.3) is 0 Å². The van der Waals surface area contributed by atoms with Crippen molar-refractivity contribution in [3.05, 3.63) is 0 Å². The number of nitrogens with two attached hydrogens (primary N) is 1. The van der Waals surface area contributed by atoms with Gasteiger partial charge in [0.05, 0.1) is 5.60 Å². The van der Waals surface area contributed by atoms with E-state index in [9.17, 15) is 0 Å². The van der Waals surface area contributed by atoms with Gasteiger partial charge in [0.1, 0.15) is 0 Å². The van der Waals surface area contributed by atoms with Gasteiger partial charge < -0.3 is 15.2 Å². The van der Waals surface area contributed by atoms with Gasteiger partial charge in [-0.2, -0.15) is 0 Å². The van der Waals surface area contributed by atoms with Gasteiger partial charge in [-0.05, 0) is 50.5 Å². The van der Waals surface area contributed by atoms with Crippen LogP contribution in [0.3, 0.4) is 0 Å². The Labute approximate surface area is 98.7 Å². The van der Waals surface area contributed by atoms with Gasteiger partial charge in [-0.15, -0.1) is 0 Å². The third kappa shape index (κ3) is 2.96. The smallest absolute Gasteiger partial charge is 0.0729 e. The molecule has 0 aromatic rings. The highest BCUT2D eigenvalue weighted by atomic mass is 16.5. The second kappa shape index (κ2) is 5.48. The third-order valence-electron chi connectivity index (χ3n) is 4.14. The van der Waals surface area contributed by atoms with E-state index in [1.165, 1.54) is 19.3 Å². The maximum atomic E-state index is 6.04. The molecule has 0 saturated carbocycles. The van der Waals surface area contributed by atoms with Crippen molar-refractivity contribution >= 4 is 0 Å². The largest absolute Gasteiger partial charge is 0.381 e. The van der Waals surface area contributed by atoms with Gasteiger partial charge in [-0.25, -0.2) is 0 Å². The zero-order valence-electron chi connectivity index (χ0n) is 10.4. The van der Waals surface area contributed by atoms with Crippen LogP contribution in [0.25, 0.3) is 0 Å². The molecule has 2 aliphatic heterocycles. The number of rotatable bonds is 3. The minimum atomic E-state index is 0.148. The van der Waals surface area contributed by atoms with Crippen LogP contribution in [-0.2, 0) is 9.47 Å². The average Bonchev–Trinajstić information content (AvgIpc) is 2.30. The van der Waals surface area contributed by atoms with Gasteiger partial charge >= 0.3 is 0 Å². The molecule has 3 nitrogen and oxygen atoms in total. The van der Waals surface area contributed by atoms with Crippen LogP contribution in [0.4, 0.5) is 0 Å². The van der Waals surface area contributed by atoms with Crippen LogP contribution in [0.15, 0.2) is 0 Å². The summed E-state index contributed by atoms with van der Waals surface area (Å²) in [7, 11) is 0. The van der Waals surface area contributed by atoms with E-state index in [-0.39, 0.29) is 5.60 Å². The van der Waals surface area contributed by atoms with Gasteiger partial charge in [-0.1, -0.05) is 6.92 Å². The standard InChI is InChI=1S/C13H25NO2/c1-11(10-14)8-12-2-5-16-13(9-12)3-6-15-7-4-13/h11-12H,2-10,14H2,1H3. The van der Waals surface area contributed by atoms with Crippen molar-refractivity contribution < 1.29 is 9.47 Å². The lowest BCUT2D eigenvalue weighted by Gasteiger charge is -2.43. The quantitative estimate of drug-likeness (QED) is 0.801. The minimum Gasteiger partial charge on any atom is -0.381 e. The fraction of sp³-hybridized carbons (Fsp3) is 1.00. The van der Waals surface area contributed by atoms with E-state index >= 15 is 0 Å². The highest BCUT2D eigenvalue weighted by Crippen LogP contribution is 2.39. The predicted octanol–water partition coefficient (Wildman–Crippen LogP) is 1.95. The first kappa shape index (κ1) is 12.3. The van der Waals surface area contributed by atoms with Crippen LogP contribution in [0.2, 0.25) is 0 Å². The summed E-state index contributed by atoms with van der Waals surface area (Å²) < 4.78 is 11.5. The Kier molecular flexibility index (Phi) is 4.22. The van der Waals surface area contributed by atoms with Crippen molar-refractivity contribution in [1.29, 1.82) is 0 Å². The molecular weight excluding hydrogens is 202 g/mol. The van der Waals surface area contributed by atoms with Crippen LogP contribution in [0, 0.1) is 11.8 Å². The second-order valence-corrected chi connectivity index (χ2v) is 5.58. The van der Waals surface area contributed by atoms with E-state index < -0.39 is 0 Å². The zero-order valence-corrected chi connectivity index (χ0v) is 10.4. The Morgan fingerprint density at radius 1 is 1.31 bits per heavy atom. The van der Waals surface area contributed by atoms with Crippen LogP contribution < -0.4 is 5.73 Å². The summed E-state index contributed by atoms with van der Waals surface area (Å²) in [6.45, 7) is 5.75. The van der Waals surface area contributed by atoms with Crippen molar-refractivity contribution in [2.45, 2.75) is 44.6 Å². The SMILES string of the molecule is CC(CN)CC1CCOC2(CCOCC2)C1. The summed E-state index contributed by atoms with van der Waals surface area (Å²) in [6, 6.07) is 0. The summed E-state index contributed by atoms with van der Waals surface area (Å²) in [5.41, 5.74) is 5.86. The molecule has 1 spiro atoms. The lowest BCUT2D eigenvalue weighted by atomic mass is 9.77. The molecule has 0 aromatic carbocycles. The predicted molar refractivity (Wildman–Crippen MR) is 64.3 cm³/mol. The monoisotopic (exact) mass is 227 g/mol. The summed E-state index contributed by atoms with van der Waals surface area (Å²) in [5.74, 6) is 1.46. The lowest BCUT2D eigenvalue weighted by Crippen LogP contribution is -2.44. The van der Waals surface area contributed by atoms with E-state index in [1.807, 2.05) is 0 Å². The van der Waals surface area contributed by atoms with Gasteiger partial charge in [0.2, 0.25) is 0 Å². The molecular formula is C13H25NO2. The van der Waals surface area contributed by atoms with E-state index in [0.29, 0.717) is 5.92 Å². The number of hydrogen-bond acceptors (Lipinski definition) is 3. The van der Waals surface area contributed by atoms with Crippen molar-refractivity contribution in [2.24, 2.45) is 17.6 Å². The molecule has 94 valence electrons. The van der Waals surface area contributed by atoms with Crippen molar-refractivity contribution in [1.82, 2.24) is 0 Å². The summed E-state index contributed by atoms with van der Waals surface area (Å²) >= 11 is 0. The van der Waals surface area contributed by atoms with Gasteiger partial charge in [0, 0.05) is 19.8 Å². The highest BCUT2D eigenvalue weighted by Gasteiger charge is 2.38. The fourth-order valence-electron chi connectivity index (χ4n) is 3.09. The molecule has 2 N–H and O–H groups in total. The molecule has 0 amide bonds. The first-order chi connectivity index (χ1) is 7.74. The lowest BCUT2D eigenvalue weighted by molar-refractivity contribution is -0.148. The van der Waals surface area contributed by atoms with E-state index in [0.717, 1.165) is 45.1 Å². The van der Waals surface area contributed by atoms with Crippen molar-refractivity contribution in [3.63, 3.8) is 0 Å². The average molecular weight is 227 g/mol. The molecule has 2 fully saturated rings. The molecule has 0 aromatic heterocycles. The molecule has 2 aliphatic rings. The van der Waals surface area contributed by atoms with E-state index in [4.69, 9.17) is 15.2 Å². The van der Waals surface area contributed by atoms with E-state index in [2.05, 4.69) is 6.92 Å². The molecule has 2 heterocycles. The van der Waals surface area contributed by atoms with Crippen molar-refractivity contribution in [3.8, 4) is 0 Å².